The molecule has 0 bridgehead atoms. The van der Waals surface area contributed by atoms with E-state index in [1.54, 1.807) is 7.11 Å². The van der Waals surface area contributed by atoms with Crippen LogP contribution in [-0.2, 0) is 4.79 Å². The number of amides is 1. The fourth-order valence-electron chi connectivity index (χ4n) is 3.26. The van der Waals surface area contributed by atoms with Crippen molar-refractivity contribution in [1.29, 1.82) is 0 Å². The first-order valence-corrected chi connectivity index (χ1v) is 10.2. The van der Waals surface area contributed by atoms with Crippen LogP contribution in [0, 0.1) is 0 Å². The van der Waals surface area contributed by atoms with Crippen molar-refractivity contribution in [2.24, 2.45) is 0 Å². The van der Waals surface area contributed by atoms with Crippen LogP contribution < -0.4 is 10.1 Å². The number of benzene rings is 2. The van der Waals surface area contributed by atoms with Crippen LogP contribution in [0.4, 0.5) is 0 Å². The molecule has 1 amide bonds. The number of nitrogens with one attached hydrogen (secondary N) is 1. The molecule has 2 heterocycles. The van der Waals surface area contributed by atoms with E-state index in [1.807, 2.05) is 59.2 Å². The number of hydrogen-bond acceptors (Lipinski definition) is 5. The van der Waals surface area contributed by atoms with Crippen LogP contribution >= 0.6 is 11.8 Å². The molecule has 0 radical (unpaired) electrons. The molecular formula is C21H22N4O2S. The van der Waals surface area contributed by atoms with Gasteiger partial charge in [-0.15, -0.1) is 10.2 Å². The van der Waals surface area contributed by atoms with Crippen molar-refractivity contribution in [3.63, 3.8) is 0 Å². The molecule has 0 saturated carbocycles. The minimum atomic E-state index is -0.160. The molecule has 28 heavy (non-hydrogen) atoms. The fourth-order valence-corrected chi connectivity index (χ4v) is 4.37. The zero-order chi connectivity index (χ0) is 19.3. The Kier molecular flexibility index (Phi) is 5.62. The molecule has 7 heteroatoms. The molecule has 1 aliphatic rings. The molecule has 144 valence electrons. The molecule has 0 aliphatic carbocycles. The largest absolute Gasteiger partial charge is 0.497 e. The maximum Gasteiger partial charge on any atom is 0.233 e. The molecule has 3 aromatic rings. The van der Waals surface area contributed by atoms with Gasteiger partial charge >= 0.3 is 0 Å². The number of para-hydroxylation sites is 1. The predicted octanol–water partition coefficient (Wildman–Crippen LogP) is 3.70. The van der Waals surface area contributed by atoms with E-state index >= 15 is 0 Å². The standard InChI is InChI=1S/C21H22N4O2S/c1-27-17-11-7-8-15(14-17)19-23-24-21(25(19)16-9-3-2-4-10-16)28-18-12-5-6-13-22-20(18)26/h2-4,7-11,14,18H,5-6,12-13H2,1H3,(H,22,26)/t18-/m1/s1. The summed E-state index contributed by atoms with van der Waals surface area (Å²) in [5.41, 5.74) is 1.87. The van der Waals surface area contributed by atoms with Crippen molar-refractivity contribution in [2.45, 2.75) is 29.7 Å². The SMILES string of the molecule is COc1cccc(-c2nnc(S[C@@H]3CCCCNC3=O)n2-c2ccccc2)c1. The number of rotatable bonds is 5. The summed E-state index contributed by atoms with van der Waals surface area (Å²) in [6, 6.07) is 17.7. The maximum absolute atomic E-state index is 12.4. The van der Waals surface area contributed by atoms with Crippen molar-refractivity contribution >= 4 is 17.7 Å². The number of thioether (sulfide) groups is 1. The lowest BCUT2D eigenvalue weighted by Gasteiger charge is -2.14. The molecule has 4 rings (SSSR count). The lowest BCUT2D eigenvalue weighted by atomic mass is 10.2. The van der Waals surface area contributed by atoms with Crippen LogP contribution in [0.15, 0.2) is 59.8 Å². The molecule has 0 spiro atoms. The Morgan fingerprint density at radius 3 is 2.79 bits per heavy atom. The second-order valence-corrected chi connectivity index (χ2v) is 7.77. The van der Waals surface area contributed by atoms with Crippen LogP contribution in [0.5, 0.6) is 5.75 Å². The van der Waals surface area contributed by atoms with Gasteiger partial charge in [0, 0.05) is 17.8 Å². The summed E-state index contributed by atoms with van der Waals surface area (Å²) in [4.78, 5) is 12.4. The van der Waals surface area contributed by atoms with Gasteiger partial charge in [0.15, 0.2) is 11.0 Å². The minimum Gasteiger partial charge on any atom is -0.497 e. The van der Waals surface area contributed by atoms with Crippen LogP contribution in [0.25, 0.3) is 17.1 Å². The minimum absolute atomic E-state index is 0.0769. The summed E-state index contributed by atoms with van der Waals surface area (Å²) in [6.45, 7) is 0.746. The Morgan fingerprint density at radius 2 is 1.96 bits per heavy atom. The highest BCUT2D eigenvalue weighted by atomic mass is 32.2. The zero-order valence-electron chi connectivity index (χ0n) is 15.7. The van der Waals surface area contributed by atoms with Gasteiger partial charge in [-0.2, -0.15) is 0 Å². The number of aromatic nitrogens is 3. The lowest BCUT2D eigenvalue weighted by molar-refractivity contribution is -0.120. The average Bonchev–Trinajstić information content (AvgIpc) is 3.05. The summed E-state index contributed by atoms with van der Waals surface area (Å²) in [6.07, 6.45) is 2.88. The Morgan fingerprint density at radius 1 is 1.11 bits per heavy atom. The van der Waals surface area contributed by atoms with Gasteiger partial charge in [-0.05, 0) is 37.1 Å². The van der Waals surface area contributed by atoms with Crippen molar-refractivity contribution < 1.29 is 9.53 Å². The topological polar surface area (TPSA) is 69.0 Å². The van der Waals surface area contributed by atoms with E-state index in [1.165, 1.54) is 11.8 Å². The zero-order valence-corrected chi connectivity index (χ0v) is 16.5. The predicted molar refractivity (Wildman–Crippen MR) is 110 cm³/mol. The highest BCUT2D eigenvalue weighted by Crippen LogP contribution is 2.33. The van der Waals surface area contributed by atoms with Gasteiger partial charge in [0.05, 0.1) is 12.4 Å². The molecule has 1 saturated heterocycles. The number of nitrogens with zero attached hydrogens (tertiary/aromatic N) is 3. The van der Waals surface area contributed by atoms with E-state index in [9.17, 15) is 4.79 Å². The average molecular weight is 394 g/mol. The van der Waals surface area contributed by atoms with Gasteiger partial charge in [-0.25, -0.2) is 0 Å². The third-order valence-electron chi connectivity index (χ3n) is 4.71. The summed E-state index contributed by atoms with van der Waals surface area (Å²) in [5, 5.41) is 12.4. The normalized spacial score (nSPS) is 17.0. The first-order valence-electron chi connectivity index (χ1n) is 9.36. The fraction of sp³-hybridized carbons (Fsp3) is 0.286. The molecule has 0 unspecified atom stereocenters. The molecule has 2 aromatic carbocycles. The van der Waals surface area contributed by atoms with Gasteiger partial charge in [-0.1, -0.05) is 48.5 Å². The molecule has 1 fully saturated rings. The van der Waals surface area contributed by atoms with Crippen LogP contribution in [0.1, 0.15) is 19.3 Å². The Hall–Kier alpha value is -2.80. The molecule has 1 atom stereocenters. The van der Waals surface area contributed by atoms with Crippen molar-refractivity contribution in [2.75, 3.05) is 13.7 Å². The number of ether oxygens (including phenoxy) is 1. The molecular weight excluding hydrogens is 372 g/mol. The lowest BCUT2D eigenvalue weighted by Crippen LogP contribution is -2.30. The molecule has 6 nitrogen and oxygen atoms in total. The molecule has 1 aliphatic heterocycles. The Labute approximate surface area is 168 Å². The van der Waals surface area contributed by atoms with E-state index in [0.29, 0.717) is 5.16 Å². The van der Waals surface area contributed by atoms with Gasteiger partial charge < -0.3 is 10.1 Å². The van der Waals surface area contributed by atoms with Crippen LogP contribution in [-0.4, -0.2) is 39.6 Å². The van der Waals surface area contributed by atoms with Gasteiger partial charge in [-0.3, -0.25) is 9.36 Å². The van der Waals surface area contributed by atoms with E-state index in [0.717, 1.165) is 48.6 Å². The highest BCUT2D eigenvalue weighted by Gasteiger charge is 2.26. The maximum atomic E-state index is 12.4. The Bertz CT molecular complexity index is 958. The van der Waals surface area contributed by atoms with Crippen molar-refractivity contribution in [3.05, 3.63) is 54.6 Å². The Balaban J connectivity index is 1.76. The first-order chi connectivity index (χ1) is 13.8. The summed E-state index contributed by atoms with van der Waals surface area (Å²) in [7, 11) is 1.65. The van der Waals surface area contributed by atoms with Crippen LogP contribution in [0.2, 0.25) is 0 Å². The van der Waals surface area contributed by atoms with E-state index in [2.05, 4.69) is 15.5 Å². The quantitative estimate of drug-likeness (QED) is 0.715. The third-order valence-corrected chi connectivity index (χ3v) is 5.92. The van der Waals surface area contributed by atoms with Gasteiger partial charge in [0.25, 0.3) is 0 Å². The van der Waals surface area contributed by atoms with Crippen molar-refractivity contribution in [1.82, 2.24) is 20.1 Å². The number of methoxy groups -OCH3 is 1. The number of carbonyl (C=O) groups excluding carboxylic acids is 1. The highest BCUT2D eigenvalue weighted by molar-refractivity contribution is 8.00. The van der Waals surface area contributed by atoms with E-state index < -0.39 is 0 Å². The molecule has 1 aromatic heterocycles. The van der Waals surface area contributed by atoms with E-state index in [-0.39, 0.29) is 11.2 Å². The third kappa shape index (κ3) is 3.89. The smallest absolute Gasteiger partial charge is 0.233 e. The van der Waals surface area contributed by atoms with Crippen LogP contribution in [0.3, 0.4) is 0 Å². The van der Waals surface area contributed by atoms with Crippen molar-refractivity contribution in [3.8, 4) is 22.8 Å². The van der Waals surface area contributed by atoms with Gasteiger partial charge in [0.1, 0.15) is 5.75 Å². The number of carbonyl (C=O) groups is 1. The second kappa shape index (κ2) is 8.48. The monoisotopic (exact) mass is 394 g/mol. The molecule has 1 N–H and O–H groups in total. The summed E-state index contributed by atoms with van der Waals surface area (Å²) < 4.78 is 7.37. The first kappa shape index (κ1) is 18.6. The van der Waals surface area contributed by atoms with Gasteiger partial charge in [0.2, 0.25) is 5.91 Å². The van der Waals surface area contributed by atoms with E-state index in [4.69, 9.17) is 4.74 Å². The summed E-state index contributed by atoms with van der Waals surface area (Å²) >= 11 is 1.48. The summed E-state index contributed by atoms with van der Waals surface area (Å²) in [5.74, 6) is 1.56. The second-order valence-electron chi connectivity index (χ2n) is 6.60. The number of hydrogen-bond donors (Lipinski definition) is 1.